The molecule has 2 rings (SSSR count). The summed E-state index contributed by atoms with van der Waals surface area (Å²) in [5, 5.41) is 3.88. The zero-order valence-corrected chi connectivity index (χ0v) is 10.0. The van der Waals surface area contributed by atoms with Crippen LogP contribution in [0.2, 0.25) is 0 Å². The molecule has 1 aliphatic rings. The van der Waals surface area contributed by atoms with Crippen LogP contribution in [0.3, 0.4) is 0 Å². The number of nitrogens with one attached hydrogen (secondary N) is 1. The van der Waals surface area contributed by atoms with Crippen LogP contribution in [0, 0.1) is 5.82 Å². The molecule has 1 aliphatic carbocycles. The molecule has 0 saturated heterocycles. The van der Waals surface area contributed by atoms with Crippen molar-refractivity contribution < 1.29 is 12.8 Å². The topological polar surface area (TPSA) is 58.5 Å². The molecule has 0 amide bonds. The Labute approximate surface area is 99.6 Å². The number of hydrogen-bond acceptors (Lipinski definition) is 3. The van der Waals surface area contributed by atoms with Gasteiger partial charge in [-0.1, -0.05) is 0 Å². The molecule has 1 aromatic rings. The highest BCUT2D eigenvalue weighted by atomic mass is 32.2. The summed E-state index contributed by atoms with van der Waals surface area (Å²) >= 11 is 0. The summed E-state index contributed by atoms with van der Waals surface area (Å²) in [6.45, 7) is 0. The van der Waals surface area contributed by atoms with Crippen LogP contribution in [-0.2, 0) is 10.0 Å². The second-order valence-electron chi connectivity index (χ2n) is 3.93. The SMILES string of the molecule is O=S(=O)(NN=C1CCCC1)c1ccc(F)cc1. The first-order valence-corrected chi connectivity index (χ1v) is 6.89. The van der Waals surface area contributed by atoms with E-state index in [4.69, 9.17) is 0 Å². The zero-order valence-electron chi connectivity index (χ0n) is 9.19. The number of hydrazone groups is 1. The average molecular weight is 256 g/mol. The van der Waals surface area contributed by atoms with Gasteiger partial charge in [-0.3, -0.25) is 0 Å². The van der Waals surface area contributed by atoms with E-state index in [0.717, 1.165) is 43.5 Å². The van der Waals surface area contributed by atoms with Crippen molar-refractivity contribution in [1.82, 2.24) is 4.83 Å². The van der Waals surface area contributed by atoms with Gasteiger partial charge in [0.1, 0.15) is 5.82 Å². The molecule has 1 saturated carbocycles. The van der Waals surface area contributed by atoms with Gasteiger partial charge in [-0.25, -0.2) is 9.22 Å². The van der Waals surface area contributed by atoms with Crippen LogP contribution in [0.1, 0.15) is 25.7 Å². The highest BCUT2D eigenvalue weighted by molar-refractivity contribution is 7.89. The van der Waals surface area contributed by atoms with Crippen molar-refractivity contribution in [2.75, 3.05) is 0 Å². The second kappa shape index (κ2) is 4.83. The second-order valence-corrected chi connectivity index (χ2v) is 5.59. The number of rotatable bonds is 3. The third-order valence-corrected chi connectivity index (χ3v) is 3.85. The first-order chi connectivity index (χ1) is 8.08. The maximum Gasteiger partial charge on any atom is 0.276 e. The standard InChI is InChI=1S/C11H13FN2O2S/c12-9-5-7-11(8-6-9)17(15,16)14-13-10-3-1-2-4-10/h5-8,14H,1-4H2. The van der Waals surface area contributed by atoms with Crippen molar-refractivity contribution in [2.24, 2.45) is 5.10 Å². The molecule has 0 heterocycles. The lowest BCUT2D eigenvalue weighted by Crippen LogP contribution is -2.19. The first kappa shape index (κ1) is 12.0. The normalized spacial score (nSPS) is 15.9. The number of sulfonamides is 1. The van der Waals surface area contributed by atoms with Gasteiger partial charge >= 0.3 is 0 Å². The monoisotopic (exact) mass is 256 g/mol. The molecule has 4 nitrogen and oxygen atoms in total. The van der Waals surface area contributed by atoms with Gasteiger partial charge in [-0.05, 0) is 49.9 Å². The predicted octanol–water partition coefficient (Wildman–Crippen LogP) is 2.03. The van der Waals surface area contributed by atoms with Gasteiger partial charge < -0.3 is 0 Å². The lowest BCUT2D eigenvalue weighted by atomic mass is 10.3. The van der Waals surface area contributed by atoms with Gasteiger partial charge in [-0.15, -0.1) is 0 Å². The molecule has 0 aromatic heterocycles. The highest BCUT2D eigenvalue weighted by Gasteiger charge is 2.14. The van der Waals surface area contributed by atoms with Gasteiger partial charge in [0.25, 0.3) is 10.0 Å². The lowest BCUT2D eigenvalue weighted by Gasteiger charge is -2.04. The molecule has 6 heteroatoms. The van der Waals surface area contributed by atoms with Crippen molar-refractivity contribution in [3.63, 3.8) is 0 Å². The van der Waals surface area contributed by atoms with E-state index in [1.807, 2.05) is 0 Å². The Kier molecular flexibility index (Phi) is 3.42. The molecule has 1 fully saturated rings. The summed E-state index contributed by atoms with van der Waals surface area (Å²) in [7, 11) is -3.67. The Morgan fingerprint density at radius 1 is 1.12 bits per heavy atom. The molecule has 0 unspecified atom stereocenters. The van der Waals surface area contributed by atoms with Crippen molar-refractivity contribution in [2.45, 2.75) is 30.6 Å². The van der Waals surface area contributed by atoms with Crippen LogP contribution in [0.25, 0.3) is 0 Å². The van der Waals surface area contributed by atoms with E-state index < -0.39 is 15.8 Å². The third-order valence-electron chi connectivity index (χ3n) is 2.63. The van der Waals surface area contributed by atoms with E-state index in [1.54, 1.807) is 0 Å². The molecule has 17 heavy (non-hydrogen) atoms. The Morgan fingerprint density at radius 2 is 1.71 bits per heavy atom. The molecule has 1 aromatic carbocycles. The van der Waals surface area contributed by atoms with Crippen molar-refractivity contribution >= 4 is 15.7 Å². The molecule has 0 radical (unpaired) electrons. The summed E-state index contributed by atoms with van der Waals surface area (Å²) in [5.74, 6) is -0.467. The van der Waals surface area contributed by atoms with Crippen LogP contribution in [-0.4, -0.2) is 14.1 Å². The summed E-state index contributed by atoms with van der Waals surface area (Å²) in [6, 6.07) is 4.65. The van der Waals surface area contributed by atoms with Crippen LogP contribution in [0.15, 0.2) is 34.3 Å². The van der Waals surface area contributed by atoms with Gasteiger partial charge in [0.15, 0.2) is 0 Å². The van der Waals surface area contributed by atoms with Crippen molar-refractivity contribution in [1.29, 1.82) is 0 Å². The molecule has 0 bridgehead atoms. The molecule has 1 N–H and O–H groups in total. The highest BCUT2D eigenvalue weighted by Crippen LogP contribution is 2.15. The van der Waals surface area contributed by atoms with E-state index in [9.17, 15) is 12.8 Å². The van der Waals surface area contributed by atoms with E-state index in [1.165, 1.54) is 12.1 Å². The van der Waals surface area contributed by atoms with Gasteiger partial charge in [0, 0.05) is 5.71 Å². The maximum atomic E-state index is 12.7. The Hall–Kier alpha value is -1.43. The molecule has 0 atom stereocenters. The fraction of sp³-hybridized carbons (Fsp3) is 0.364. The fourth-order valence-corrected chi connectivity index (χ4v) is 2.54. The quantitative estimate of drug-likeness (QED) is 0.841. The smallest absolute Gasteiger partial charge is 0.207 e. The van der Waals surface area contributed by atoms with Gasteiger partial charge in [-0.2, -0.15) is 13.5 Å². The Morgan fingerprint density at radius 3 is 2.29 bits per heavy atom. The number of hydrogen-bond donors (Lipinski definition) is 1. The number of nitrogens with zero attached hydrogens (tertiary/aromatic N) is 1. The molecular formula is C11H13FN2O2S. The van der Waals surface area contributed by atoms with E-state index in [0.29, 0.717) is 0 Å². The molecule has 0 spiro atoms. The van der Waals surface area contributed by atoms with Crippen molar-refractivity contribution in [3.8, 4) is 0 Å². The number of benzene rings is 1. The van der Waals surface area contributed by atoms with Crippen LogP contribution >= 0.6 is 0 Å². The Bertz CT molecular complexity index is 515. The fourth-order valence-electron chi connectivity index (χ4n) is 1.69. The van der Waals surface area contributed by atoms with E-state index >= 15 is 0 Å². The zero-order chi connectivity index (χ0) is 12.3. The van der Waals surface area contributed by atoms with Gasteiger partial charge in [0.05, 0.1) is 4.90 Å². The largest absolute Gasteiger partial charge is 0.276 e. The van der Waals surface area contributed by atoms with E-state index in [-0.39, 0.29) is 4.90 Å². The van der Waals surface area contributed by atoms with Gasteiger partial charge in [0.2, 0.25) is 0 Å². The molecular weight excluding hydrogens is 243 g/mol. The third kappa shape index (κ3) is 3.03. The minimum absolute atomic E-state index is 0.0150. The van der Waals surface area contributed by atoms with Crippen LogP contribution in [0.4, 0.5) is 4.39 Å². The minimum Gasteiger partial charge on any atom is -0.207 e. The summed E-state index contributed by atoms with van der Waals surface area (Å²) in [5.41, 5.74) is 0.871. The summed E-state index contributed by atoms with van der Waals surface area (Å²) < 4.78 is 36.2. The number of halogens is 1. The minimum atomic E-state index is -3.67. The first-order valence-electron chi connectivity index (χ1n) is 5.41. The van der Waals surface area contributed by atoms with Crippen molar-refractivity contribution in [3.05, 3.63) is 30.1 Å². The summed E-state index contributed by atoms with van der Waals surface area (Å²) in [6.07, 6.45) is 3.78. The molecule has 0 aliphatic heterocycles. The van der Waals surface area contributed by atoms with E-state index in [2.05, 4.69) is 9.93 Å². The predicted molar refractivity (Wildman–Crippen MR) is 62.6 cm³/mol. The lowest BCUT2D eigenvalue weighted by molar-refractivity contribution is 0.583. The Balaban J connectivity index is 2.13. The average Bonchev–Trinajstić information content (AvgIpc) is 2.80. The molecule has 92 valence electrons. The summed E-state index contributed by atoms with van der Waals surface area (Å²) in [4.78, 5) is 2.19. The maximum absolute atomic E-state index is 12.7. The van der Waals surface area contributed by atoms with Crippen LogP contribution < -0.4 is 4.83 Å². The van der Waals surface area contributed by atoms with Crippen LogP contribution in [0.5, 0.6) is 0 Å².